The lowest BCUT2D eigenvalue weighted by Crippen LogP contribution is -2.65. The predicted molar refractivity (Wildman–Crippen MR) is 300 cm³/mol. The number of aliphatic hydroxyl groups excluding tert-OH is 8. The van der Waals surface area contributed by atoms with Crippen LogP contribution in [0.4, 0.5) is 0 Å². The second-order valence-electron chi connectivity index (χ2n) is 22.5. The van der Waals surface area contributed by atoms with Crippen LogP contribution < -0.4 is 5.32 Å². The molecule has 0 radical (unpaired) electrons. The van der Waals surface area contributed by atoms with Crippen molar-refractivity contribution in [1.82, 2.24) is 5.32 Å². The number of hydrogen-bond donors (Lipinski definition) is 9. The predicted octanol–water partition coefficient (Wildman–Crippen LogP) is 11.1. The molecule has 2 rings (SSSR count). The summed E-state index contributed by atoms with van der Waals surface area (Å²) >= 11 is 0. The highest BCUT2D eigenvalue weighted by molar-refractivity contribution is 5.76. The molecule has 0 aromatic carbocycles. The summed E-state index contributed by atoms with van der Waals surface area (Å²) in [5.41, 5.74) is 0. The second-order valence-corrected chi connectivity index (χ2v) is 22.5. The fourth-order valence-electron chi connectivity index (χ4n) is 10.6. The number of allylic oxidation sites excluding steroid dienone is 2. The van der Waals surface area contributed by atoms with Crippen molar-refractivity contribution in [1.29, 1.82) is 0 Å². The van der Waals surface area contributed by atoms with Crippen LogP contribution >= 0.6 is 0 Å². The van der Waals surface area contributed by atoms with E-state index in [0.29, 0.717) is 19.3 Å². The number of carbonyl (C=O) groups excluding carboxylic acids is 1. The van der Waals surface area contributed by atoms with Gasteiger partial charge in [0.1, 0.15) is 48.8 Å². The molecule has 0 aromatic rings. The molecule has 0 bridgehead atoms. The Morgan fingerprint density at radius 2 is 0.840 bits per heavy atom. The lowest BCUT2D eigenvalue weighted by Gasteiger charge is -2.46. The van der Waals surface area contributed by atoms with E-state index in [-0.39, 0.29) is 12.5 Å². The Kier molecular flexibility index (Phi) is 44.3. The quantitative estimate of drug-likeness (QED) is 0.0204. The summed E-state index contributed by atoms with van der Waals surface area (Å²) in [6, 6.07) is -0.830. The summed E-state index contributed by atoms with van der Waals surface area (Å²) < 4.78 is 22.8. The van der Waals surface area contributed by atoms with Crippen molar-refractivity contribution in [3.8, 4) is 0 Å². The van der Waals surface area contributed by atoms with Gasteiger partial charge in [-0.2, -0.15) is 0 Å². The highest BCUT2D eigenvalue weighted by atomic mass is 16.7. The molecule has 0 aromatic heterocycles. The van der Waals surface area contributed by atoms with Gasteiger partial charge in [-0.25, -0.2) is 0 Å². The first-order chi connectivity index (χ1) is 36.6. The minimum atomic E-state index is -1.78. The first-order valence-electron chi connectivity index (χ1n) is 31.4. The standard InChI is InChI=1S/C61H117NO13/c1-3-5-7-9-11-13-15-17-18-19-20-21-22-23-24-25-26-27-28-29-30-31-33-34-36-38-40-42-44-50(65)49(62-53(66)45-43-41-39-37-35-32-16-14-12-10-8-6-4-2)48-72-60-58(71)56(69)59(52(47-64)74-60)75-61-57(70)55(68)54(67)51(46-63)73-61/h14,16,49-52,54-61,63-65,67-71H,3-13,15,17-48H2,1-2H3,(H,62,66)/b16-14-. The van der Waals surface area contributed by atoms with Crippen molar-refractivity contribution in [3.05, 3.63) is 12.2 Å². The first-order valence-corrected chi connectivity index (χ1v) is 31.4. The van der Waals surface area contributed by atoms with Crippen LogP contribution in [0.3, 0.4) is 0 Å². The van der Waals surface area contributed by atoms with Crippen LogP contribution in [0.15, 0.2) is 12.2 Å². The lowest BCUT2D eigenvalue weighted by atomic mass is 9.97. The van der Waals surface area contributed by atoms with E-state index in [1.807, 2.05) is 0 Å². The van der Waals surface area contributed by atoms with Gasteiger partial charge in [-0.3, -0.25) is 4.79 Å². The zero-order chi connectivity index (χ0) is 54.6. The third-order valence-corrected chi connectivity index (χ3v) is 15.7. The summed E-state index contributed by atoms with van der Waals surface area (Å²) in [6.07, 6.45) is 38.0. The third-order valence-electron chi connectivity index (χ3n) is 15.7. The Morgan fingerprint density at radius 1 is 0.467 bits per heavy atom. The van der Waals surface area contributed by atoms with E-state index in [2.05, 4.69) is 31.3 Å². The van der Waals surface area contributed by atoms with Crippen LogP contribution in [-0.4, -0.2) is 140 Å². The van der Waals surface area contributed by atoms with Gasteiger partial charge < -0.3 is 65.1 Å². The highest BCUT2D eigenvalue weighted by Crippen LogP contribution is 2.30. The smallest absolute Gasteiger partial charge is 0.220 e. The number of hydrogen-bond acceptors (Lipinski definition) is 13. The molecule has 0 spiro atoms. The van der Waals surface area contributed by atoms with Gasteiger partial charge in [0.15, 0.2) is 12.6 Å². The number of unbranched alkanes of at least 4 members (excludes halogenated alkanes) is 36. The van der Waals surface area contributed by atoms with Crippen molar-refractivity contribution in [2.75, 3.05) is 19.8 Å². The molecule has 2 aliphatic heterocycles. The van der Waals surface area contributed by atoms with Crippen molar-refractivity contribution in [2.45, 2.75) is 351 Å². The SMILES string of the molecule is CCCCCC/C=C\CCCCCCCC(=O)NC(COC1OC(CO)C(OC2OC(CO)C(O)C(O)C2O)C(O)C1O)C(O)CCCCCCCCCCCCCCCCCCCCCCCCCCCCCC. The van der Waals surface area contributed by atoms with Gasteiger partial charge >= 0.3 is 0 Å². The molecule has 75 heavy (non-hydrogen) atoms. The molecule has 2 heterocycles. The summed E-state index contributed by atoms with van der Waals surface area (Å²) in [7, 11) is 0. The lowest BCUT2D eigenvalue weighted by molar-refractivity contribution is -0.359. The molecule has 0 aliphatic carbocycles. The minimum Gasteiger partial charge on any atom is -0.394 e. The Hall–Kier alpha value is -1.27. The molecular formula is C61H117NO13. The van der Waals surface area contributed by atoms with Crippen molar-refractivity contribution in [2.24, 2.45) is 0 Å². The van der Waals surface area contributed by atoms with Crippen LogP contribution in [0.1, 0.15) is 277 Å². The van der Waals surface area contributed by atoms with Crippen LogP contribution in [0.25, 0.3) is 0 Å². The molecule has 2 aliphatic rings. The molecule has 14 nitrogen and oxygen atoms in total. The molecule has 9 N–H and O–H groups in total. The van der Waals surface area contributed by atoms with Crippen LogP contribution in [-0.2, 0) is 23.7 Å². The molecule has 0 saturated carbocycles. The summed E-state index contributed by atoms with van der Waals surface area (Å²) in [5, 5.41) is 87.3. The summed E-state index contributed by atoms with van der Waals surface area (Å²) in [6.45, 7) is 2.87. The maximum Gasteiger partial charge on any atom is 0.220 e. The van der Waals surface area contributed by atoms with Gasteiger partial charge in [-0.05, 0) is 38.5 Å². The van der Waals surface area contributed by atoms with Gasteiger partial charge in [0.05, 0.1) is 32.0 Å². The molecule has 12 unspecified atom stereocenters. The van der Waals surface area contributed by atoms with Crippen molar-refractivity contribution < 1.29 is 64.6 Å². The number of rotatable bonds is 51. The normalized spacial score (nSPS) is 25.0. The second kappa shape index (κ2) is 47.5. The minimum absolute atomic E-state index is 0.213. The Morgan fingerprint density at radius 3 is 1.28 bits per heavy atom. The van der Waals surface area contributed by atoms with E-state index in [1.165, 1.54) is 180 Å². The van der Waals surface area contributed by atoms with E-state index in [1.54, 1.807) is 0 Å². The number of carbonyl (C=O) groups is 1. The van der Waals surface area contributed by atoms with Crippen LogP contribution in [0.2, 0.25) is 0 Å². The summed E-state index contributed by atoms with van der Waals surface area (Å²) in [5.74, 6) is -0.213. The largest absolute Gasteiger partial charge is 0.394 e. The Bertz CT molecular complexity index is 1310. The maximum atomic E-state index is 13.2. The van der Waals surface area contributed by atoms with E-state index in [0.717, 1.165) is 64.2 Å². The van der Waals surface area contributed by atoms with E-state index >= 15 is 0 Å². The van der Waals surface area contributed by atoms with Gasteiger partial charge in [0.25, 0.3) is 0 Å². The monoisotopic (exact) mass is 1070 g/mol. The zero-order valence-electron chi connectivity index (χ0n) is 47.8. The first kappa shape index (κ1) is 69.8. The summed E-state index contributed by atoms with van der Waals surface area (Å²) in [4.78, 5) is 13.2. The van der Waals surface area contributed by atoms with Crippen LogP contribution in [0, 0.1) is 0 Å². The topological polar surface area (TPSA) is 228 Å². The molecule has 2 fully saturated rings. The number of ether oxygens (including phenoxy) is 4. The molecule has 14 heteroatoms. The van der Waals surface area contributed by atoms with Gasteiger partial charge in [0, 0.05) is 6.42 Å². The van der Waals surface area contributed by atoms with Crippen LogP contribution in [0.5, 0.6) is 0 Å². The average molecular weight is 1070 g/mol. The fourth-order valence-corrected chi connectivity index (χ4v) is 10.6. The van der Waals surface area contributed by atoms with Gasteiger partial charge in [0.2, 0.25) is 5.91 Å². The van der Waals surface area contributed by atoms with E-state index in [9.17, 15) is 45.6 Å². The Labute approximate surface area is 456 Å². The highest BCUT2D eigenvalue weighted by Gasteiger charge is 2.51. The van der Waals surface area contributed by atoms with Crippen molar-refractivity contribution >= 4 is 5.91 Å². The molecule has 2 saturated heterocycles. The third kappa shape index (κ3) is 33.2. The fraction of sp³-hybridized carbons (Fsp3) is 0.951. The van der Waals surface area contributed by atoms with Crippen molar-refractivity contribution in [3.63, 3.8) is 0 Å². The Balaban J connectivity index is 1.67. The van der Waals surface area contributed by atoms with Gasteiger partial charge in [-0.15, -0.1) is 0 Å². The maximum absolute atomic E-state index is 13.2. The zero-order valence-corrected chi connectivity index (χ0v) is 47.8. The average Bonchev–Trinajstić information content (AvgIpc) is 3.41. The molecular weight excluding hydrogens is 955 g/mol. The molecule has 444 valence electrons. The number of amides is 1. The van der Waals surface area contributed by atoms with Gasteiger partial charge in [-0.1, -0.05) is 244 Å². The number of nitrogens with one attached hydrogen (secondary N) is 1. The van der Waals surface area contributed by atoms with E-state index < -0.39 is 86.8 Å². The number of aliphatic hydroxyl groups is 8. The molecule has 1 amide bonds. The molecule has 12 atom stereocenters. The van der Waals surface area contributed by atoms with E-state index in [4.69, 9.17) is 18.9 Å².